The number of rotatable bonds is 6. The minimum Gasteiger partial charge on any atom is -0.494 e. The van der Waals surface area contributed by atoms with Gasteiger partial charge < -0.3 is 9.30 Å². The van der Waals surface area contributed by atoms with E-state index in [0.29, 0.717) is 0 Å². The molecule has 3 rings (SSSR count). The number of aromatic nitrogens is 2. The van der Waals surface area contributed by atoms with Crippen LogP contribution in [0.1, 0.15) is 24.5 Å². The van der Waals surface area contributed by atoms with Gasteiger partial charge in [0.2, 0.25) is 0 Å². The van der Waals surface area contributed by atoms with Crippen LogP contribution in [0.2, 0.25) is 0 Å². The maximum absolute atomic E-state index is 5.61. The zero-order valence-electron chi connectivity index (χ0n) is 12.8. The topological polar surface area (TPSA) is 27.1 Å². The molecule has 3 heteroatoms. The number of hydrogen-bond acceptors (Lipinski definition) is 2. The molecule has 2 aromatic carbocycles. The summed E-state index contributed by atoms with van der Waals surface area (Å²) < 4.78 is 7.61. The van der Waals surface area contributed by atoms with Gasteiger partial charge in [-0.25, -0.2) is 4.98 Å². The molecule has 0 radical (unpaired) electrons. The van der Waals surface area contributed by atoms with Gasteiger partial charge in [0.05, 0.1) is 12.9 Å². The van der Waals surface area contributed by atoms with E-state index in [9.17, 15) is 0 Å². The van der Waals surface area contributed by atoms with Gasteiger partial charge in [-0.05, 0) is 48.2 Å². The van der Waals surface area contributed by atoms with Crippen molar-refractivity contribution in [2.75, 3.05) is 6.61 Å². The summed E-state index contributed by atoms with van der Waals surface area (Å²) in [6.45, 7) is 2.89. The van der Waals surface area contributed by atoms with Crippen LogP contribution in [0.4, 0.5) is 0 Å². The van der Waals surface area contributed by atoms with Gasteiger partial charge in [-0.1, -0.05) is 31.2 Å². The van der Waals surface area contributed by atoms with Crippen LogP contribution in [0.15, 0.2) is 67.3 Å². The monoisotopic (exact) mass is 292 g/mol. The van der Waals surface area contributed by atoms with Gasteiger partial charge in [0.15, 0.2) is 0 Å². The quantitative estimate of drug-likeness (QED) is 0.679. The molecule has 0 bridgehead atoms. The lowest BCUT2D eigenvalue weighted by Gasteiger charge is -2.07. The summed E-state index contributed by atoms with van der Waals surface area (Å²) in [7, 11) is 0. The smallest absolute Gasteiger partial charge is 0.119 e. The Balaban J connectivity index is 1.65. The second kappa shape index (κ2) is 6.94. The van der Waals surface area contributed by atoms with E-state index in [2.05, 4.69) is 48.3 Å². The number of imidazole rings is 1. The molecule has 0 saturated heterocycles. The predicted molar refractivity (Wildman–Crippen MR) is 88.6 cm³/mol. The Morgan fingerprint density at radius 3 is 2.23 bits per heavy atom. The van der Waals surface area contributed by atoms with Gasteiger partial charge in [0.1, 0.15) is 5.75 Å². The van der Waals surface area contributed by atoms with E-state index in [1.165, 1.54) is 11.1 Å². The number of hydrogen-bond donors (Lipinski definition) is 0. The summed E-state index contributed by atoms with van der Waals surface area (Å²) >= 11 is 0. The normalized spacial score (nSPS) is 10.6. The lowest BCUT2D eigenvalue weighted by atomic mass is 10.0. The van der Waals surface area contributed by atoms with Crippen LogP contribution in [0.3, 0.4) is 0 Å². The van der Waals surface area contributed by atoms with Crippen molar-refractivity contribution in [3.8, 4) is 11.4 Å². The molecule has 0 spiro atoms. The summed E-state index contributed by atoms with van der Waals surface area (Å²) in [5.41, 5.74) is 3.72. The largest absolute Gasteiger partial charge is 0.494 e. The highest BCUT2D eigenvalue weighted by Gasteiger charge is 2.00. The van der Waals surface area contributed by atoms with Crippen LogP contribution in [0, 0.1) is 0 Å². The lowest BCUT2D eigenvalue weighted by Crippen LogP contribution is -1.95. The number of benzene rings is 2. The highest BCUT2D eigenvalue weighted by molar-refractivity contribution is 5.37. The maximum Gasteiger partial charge on any atom is 0.119 e. The van der Waals surface area contributed by atoms with E-state index in [1.54, 1.807) is 6.20 Å². The number of ether oxygens (including phenoxy) is 1. The van der Waals surface area contributed by atoms with Gasteiger partial charge in [-0.3, -0.25) is 0 Å². The lowest BCUT2D eigenvalue weighted by molar-refractivity contribution is 0.317. The van der Waals surface area contributed by atoms with E-state index >= 15 is 0 Å². The Labute approximate surface area is 131 Å². The molecule has 0 aliphatic rings. The third kappa shape index (κ3) is 3.55. The first-order chi connectivity index (χ1) is 10.8. The van der Waals surface area contributed by atoms with Crippen molar-refractivity contribution in [2.45, 2.75) is 19.8 Å². The highest BCUT2D eigenvalue weighted by Crippen LogP contribution is 2.17. The number of nitrogens with zero attached hydrogens (tertiary/aromatic N) is 2. The maximum atomic E-state index is 5.61. The zero-order valence-corrected chi connectivity index (χ0v) is 12.8. The summed E-state index contributed by atoms with van der Waals surface area (Å²) in [5.74, 6) is 0.945. The summed E-state index contributed by atoms with van der Waals surface area (Å²) in [6.07, 6.45) is 7.51. The minimum absolute atomic E-state index is 0.773. The van der Waals surface area contributed by atoms with Crippen molar-refractivity contribution in [1.82, 2.24) is 9.55 Å². The third-order valence-electron chi connectivity index (χ3n) is 3.54. The molecule has 0 amide bonds. The van der Waals surface area contributed by atoms with Crippen LogP contribution in [-0.4, -0.2) is 16.2 Å². The zero-order chi connectivity index (χ0) is 15.2. The molecule has 0 fully saturated rings. The molecular formula is C19H20N2O. The molecule has 0 aliphatic heterocycles. The fourth-order valence-corrected chi connectivity index (χ4v) is 2.36. The van der Waals surface area contributed by atoms with Gasteiger partial charge >= 0.3 is 0 Å². The highest BCUT2D eigenvalue weighted by atomic mass is 16.5. The van der Waals surface area contributed by atoms with Crippen LogP contribution in [0.25, 0.3) is 5.69 Å². The van der Waals surface area contributed by atoms with Crippen LogP contribution in [0.5, 0.6) is 5.75 Å². The Morgan fingerprint density at radius 2 is 1.64 bits per heavy atom. The van der Waals surface area contributed by atoms with Gasteiger partial charge in [0, 0.05) is 18.1 Å². The van der Waals surface area contributed by atoms with Crippen LogP contribution in [-0.2, 0) is 6.42 Å². The second-order valence-electron chi connectivity index (χ2n) is 5.31. The molecule has 112 valence electrons. The van der Waals surface area contributed by atoms with E-state index in [-0.39, 0.29) is 0 Å². The first-order valence-corrected chi connectivity index (χ1v) is 7.64. The van der Waals surface area contributed by atoms with Gasteiger partial charge in [-0.15, -0.1) is 0 Å². The van der Waals surface area contributed by atoms with E-state index in [4.69, 9.17) is 4.74 Å². The Bertz CT molecular complexity index is 685. The standard InChI is InChI=1S/C19H20N2O/c1-2-13-22-19-9-5-17(6-10-19)14-16-3-7-18(8-4-16)21-12-11-20-15-21/h3-12,15H,2,13-14H2,1H3. The van der Waals surface area contributed by atoms with Crippen molar-refractivity contribution < 1.29 is 4.74 Å². The van der Waals surface area contributed by atoms with Crippen molar-refractivity contribution in [2.24, 2.45) is 0 Å². The van der Waals surface area contributed by atoms with Crippen molar-refractivity contribution in [1.29, 1.82) is 0 Å². The third-order valence-corrected chi connectivity index (χ3v) is 3.54. The summed E-state index contributed by atoms with van der Waals surface area (Å²) in [5, 5.41) is 0. The first kappa shape index (κ1) is 14.4. The molecule has 3 aromatic rings. The molecule has 22 heavy (non-hydrogen) atoms. The van der Waals surface area contributed by atoms with Gasteiger partial charge in [-0.2, -0.15) is 0 Å². The van der Waals surface area contributed by atoms with Crippen molar-refractivity contribution in [3.05, 3.63) is 78.4 Å². The average Bonchev–Trinajstić information content (AvgIpc) is 3.09. The minimum atomic E-state index is 0.773. The van der Waals surface area contributed by atoms with Crippen molar-refractivity contribution >= 4 is 0 Å². The Morgan fingerprint density at radius 1 is 0.955 bits per heavy atom. The Hall–Kier alpha value is -2.55. The molecule has 0 N–H and O–H groups in total. The fourth-order valence-electron chi connectivity index (χ4n) is 2.36. The molecule has 1 aromatic heterocycles. The van der Waals surface area contributed by atoms with Gasteiger partial charge in [0.25, 0.3) is 0 Å². The molecule has 0 saturated carbocycles. The molecular weight excluding hydrogens is 272 g/mol. The second-order valence-corrected chi connectivity index (χ2v) is 5.31. The molecule has 0 unspecified atom stereocenters. The fraction of sp³-hybridized carbons (Fsp3) is 0.211. The van der Waals surface area contributed by atoms with Crippen LogP contribution >= 0.6 is 0 Å². The molecule has 0 atom stereocenters. The predicted octanol–water partition coefficient (Wildman–Crippen LogP) is 4.25. The average molecular weight is 292 g/mol. The molecule has 1 heterocycles. The van der Waals surface area contributed by atoms with E-state index < -0.39 is 0 Å². The Kier molecular flexibility index (Phi) is 4.54. The summed E-state index contributed by atoms with van der Waals surface area (Å²) in [6, 6.07) is 16.9. The van der Waals surface area contributed by atoms with Crippen LogP contribution < -0.4 is 4.74 Å². The van der Waals surface area contributed by atoms with Crippen molar-refractivity contribution in [3.63, 3.8) is 0 Å². The van der Waals surface area contributed by atoms with E-state index in [0.717, 1.165) is 30.9 Å². The molecule has 0 aliphatic carbocycles. The molecule has 3 nitrogen and oxygen atoms in total. The summed E-state index contributed by atoms with van der Waals surface area (Å²) in [4.78, 5) is 4.07. The first-order valence-electron chi connectivity index (χ1n) is 7.64. The van der Waals surface area contributed by atoms with E-state index in [1.807, 2.05) is 29.2 Å². The SMILES string of the molecule is CCCOc1ccc(Cc2ccc(-n3ccnc3)cc2)cc1.